The van der Waals surface area contributed by atoms with Gasteiger partial charge in [-0.1, -0.05) is 12.1 Å². The molecule has 24 heavy (non-hydrogen) atoms. The van der Waals surface area contributed by atoms with Gasteiger partial charge in [-0.05, 0) is 32.1 Å². The van der Waals surface area contributed by atoms with Gasteiger partial charge in [0.1, 0.15) is 5.82 Å². The molecule has 3 rings (SSSR count). The molecule has 0 aliphatic carbocycles. The van der Waals surface area contributed by atoms with Gasteiger partial charge in [0.05, 0.1) is 0 Å². The van der Waals surface area contributed by atoms with Crippen molar-refractivity contribution in [1.82, 2.24) is 20.1 Å². The molecule has 1 amide bonds. The van der Waals surface area contributed by atoms with Crippen molar-refractivity contribution in [1.29, 1.82) is 0 Å². The predicted molar refractivity (Wildman–Crippen MR) is 90.0 cm³/mol. The van der Waals surface area contributed by atoms with Crippen molar-refractivity contribution >= 4 is 29.1 Å². The highest BCUT2D eigenvalue weighted by Gasteiger charge is 2.19. The quantitative estimate of drug-likeness (QED) is 0.695. The molecule has 6 nitrogen and oxygen atoms in total. The zero-order valence-electron chi connectivity index (χ0n) is 13.4. The lowest BCUT2D eigenvalue weighted by atomic mass is 10.1. The fraction of sp³-hybridized carbons (Fsp3) is 0.312. The van der Waals surface area contributed by atoms with Crippen molar-refractivity contribution in [3.63, 3.8) is 0 Å². The molecule has 0 unspecified atom stereocenters. The number of amides is 1. The van der Waals surface area contributed by atoms with Crippen LogP contribution < -0.4 is 5.32 Å². The highest BCUT2D eigenvalue weighted by Crippen LogP contribution is 2.27. The van der Waals surface area contributed by atoms with Gasteiger partial charge in [-0.15, -0.1) is 0 Å². The third kappa shape index (κ3) is 2.84. The Labute approximate surface area is 142 Å². The molecule has 2 aromatic heterocycles. The maximum atomic E-state index is 13.8. The second-order valence-electron chi connectivity index (χ2n) is 5.37. The van der Waals surface area contributed by atoms with Gasteiger partial charge in [0.2, 0.25) is 0 Å². The third-order valence-corrected chi connectivity index (χ3v) is 4.22. The number of carbonyl (C=O) groups is 1. The van der Waals surface area contributed by atoms with Gasteiger partial charge in [0, 0.05) is 30.5 Å². The average Bonchev–Trinajstić information content (AvgIpc) is 3.09. The Morgan fingerprint density at radius 2 is 2.29 bits per heavy atom. The van der Waals surface area contributed by atoms with Crippen molar-refractivity contribution in [3.8, 4) is 0 Å². The summed E-state index contributed by atoms with van der Waals surface area (Å²) < 4.78 is 21.6. The topological polar surface area (TPSA) is 75.8 Å². The van der Waals surface area contributed by atoms with Crippen molar-refractivity contribution in [2.45, 2.75) is 26.8 Å². The van der Waals surface area contributed by atoms with Crippen LogP contribution in [0.5, 0.6) is 0 Å². The van der Waals surface area contributed by atoms with Crippen LogP contribution in [0.25, 0.3) is 11.0 Å². The molecule has 0 saturated carbocycles. The number of aryl methyl sites for hydroxylation is 1. The van der Waals surface area contributed by atoms with Crippen LogP contribution in [-0.4, -0.2) is 27.2 Å². The van der Waals surface area contributed by atoms with E-state index in [1.807, 2.05) is 11.5 Å². The summed E-state index contributed by atoms with van der Waals surface area (Å²) in [6.45, 7) is 4.79. The van der Waals surface area contributed by atoms with E-state index in [9.17, 15) is 9.18 Å². The first-order chi connectivity index (χ1) is 11.5. The number of nitrogens with zero attached hydrogens (tertiary/aromatic N) is 2. The first kappa shape index (κ1) is 16.4. The highest BCUT2D eigenvalue weighted by molar-refractivity contribution is 7.71. The molecule has 126 valence electrons. The predicted octanol–water partition coefficient (Wildman–Crippen LogP) is 3.13. The van der Waals surface area contributed by atoms with Crippen molar-refractivity contribution < 1.29 is 13.6 Å². The van der Waals surface area contributed by atoms with Crippen LogP contribution in [0.15, 0.2) is 22.6 Å². The van der Waals surface area contributed by atoms with Crippen LogP contribution >= 0.6 is 12.2 Å². The van der Waals surface area contributed by atoms with E-state index >= 15 is 0 Å². The summed E-state index contributed by atoms with van der Waals surface area (Å²) in [5.41, 5.74) is 0.727. The monoisotopic (exact) mass is 348 g/mol. The Hall–Kier alpha value is -2.48. The Balaban J connectivity index is 1.73. The van der Waals surface area contributed by atoms with Gasteiger partial charge < -0.3 is 14.3 Å². The number of hydrogen-bond donors (Lipinski definition) is 2. The van der Waals surface area contributed by atoms with Gasteiger partial charge in [-0.25, -0.2) is 4.39 Å². The number of halogens is 1. The van der Waals surface area contributed by atoms with Crippen LogP contribution in [0.3, 0.4) is 0 Å². The average molecular weight is 348 g/mol. The molecule has 0 spiro atoms. The summed E-state index contributed by atoms with van der Waals surface area (Å²) >= 11 is 5.12. The van der Waals surface area contributed by atoms with Crippen molar-refractivity contribution in [3.05, 3.63) is 45.9 Å². The van der Waals surface area contributed by atoms with Crippen LogP contribution in [0, 0.1) is 17.5 Å². The van der Waals surface area contributed by atoms with E-state index in [0.29, 0.717) is 35.2 Å². The zero-order valence-corrected chi connectivity index (χ0v) is 14.2. The number of rotatable bonds is 5. The Morgan fingerprint density at radius 3 is 3.00 bits per heavy atom. The second kappa shape index (κ2) is 6.56. The van der Waals surface area contributed by atoms with E-state index in [2.05, 4.69) is 15.5 Å². The smallest absolute Gasteiger partial charge is 0.287 e. The minimum Gasteiger partial charge on any atom is -0.448 e. The number of aromatic amines is 1. The van der Waals surface area contributed by atoms with Crippen LogP contribution in [0.4, 0.5) is 4.39 Å². The molecule has 8 heteroatoms. The number of hydrogen-bond acceptors (Lipinski definition) is 4. The number of H-pyrrole nitrogens is 1. The van der Waals surface area contributed by atoms with Crippen LogP contribution in [0.1, 0.15) is 28.9 Å². The maximum absolute atomic E-state index is 13.8. The summed E-state index contributed by atoms with van der Waals surface area (Å²) in [6.07, 6.45) is 0.528. The molecule has 0 atom stereocenters. The number of benzene rings is 1. The van der Waals surface area contributed by atoms with E-state index in [0.717, 1.165) is 5.82 Å². The number of carbonyl (C=O) groups excluding carboxylic acids is 1. The Kier molecular flexibility index (Phi) is 4.48. The number of fused-ring (bicyclic) bond motifs is 1. The van der Waals surface area contributed by atoms with E-state index in [1.54, 1.807) is 19.1 Å². The molecule has 2 heterocycles. The third-order valence-electron chi connectivity index (χ3n) is 3.91. The lowest BCUT2D eigenvalue weighted by molar-refractivity contribution is 0.0927. The molecule has 1 aromatic carbocycles. The summed E-state index contributed by atoms with van der Waals surface area (Å²) in [5, 5.41) is 10.3. The normalized spacial score (nSPS) is 11.1. The zero-order chi connectivity index (χ0) is 17.3. The molecule has 3 aromatic rings. The lowest BCUT2D eigenvalue weighted by Crippen LogP contribution is -2.26. The molecular formula is C16H17FN4O2S. The number of aromatic nitrogens is 3. The van der Waals surface area contributed by atoms with Gasteiger partial charge in [-0.2, -0.15) is 5.10 Å². The van der Waals surface area contributed by atoms with Gasteiger partial charge in [0.15, 0.2) is 21.9 Å². The summed E-state index contributed by atoms with van der Waals surface area (Å²) in [4.78, 5) is 12.3. The summed E-state index contributed by atoms with van der Waals surface area (Å²) in [6, 6.07) is 4.63. The standard InChI is InChI=1S/C16H17FN4O2S/c1-3-21-12(19-20-16(21)24)7-8-18-15(22)13-9(2)10-5-4-6-11(17)14(10)23-13/h4-6H,3,7-8H2,1-2H3,(H,18,22)(H,20,24). The fourth-order valence-electron chi connectivity index (χ4n) is 2.66. The first-order valence-electron chi connectivity index (χ1n) is 7.62. The Bertz CT molecular complexity index is 957. The highest BCUT2D eigenvalue weighted by atomic mass is 32.1. The van der Waals surface area contributed by atoms with E-state index < -0.39 is 5.82 Å². The number of para-hydroxylation sites is 1. The van der Waals surface area contributed by atoms with Gasteiger partial charge in [0.25, 0.3) is 5.91 Å². The first-order valence-corrected chi connectivity index (χ1v) is 8.03. The van der Waals surface area contributed by atoms with Crippen molar-refractivity contribution in [2.75, 3.05) is 6.54 Å². The van der Waals surface area contributed by atoms with E-state index in [4.69, 9.17) is 16.6 Å². The van der Waals surface area contributed by atoms with Crippen LogP contribution in [0.2, 0.25) is 0 Å². The summed E-state index contributed by atoms with van der Waals surface area (Å²) in [5.74, 6) is 0.0491. The van der Waals surface area contributed by atoms with Gasteiger partial charge in [-0.3, -0.25) is 9.89 Å². The molecule has 2 N–H and O–H groups in total. The van der Waals surface area contributed by atoms with Gasteiger partial charge >= 0.3 is 0 Å². The molecular weight excluding hydrogens is 331 g/mol. The minimum absolute atomic E-state index is 0.104. The molecule has 0 saturated heterocycles. The lowest BCUT2D eigenvalue weighted by Gasteiger charge is -2.05. The molecule has 0 bridgehead atoms. The van der Waals surface area contributed by atoms with Crippen LogP contribution in [-0.2, 0) is 13.0 Å². The number of nitrogens with one attached hydrogen (secondary N) is 2. The fourth-order valence-corrected chi connectivity index (χ4v) is 2.94. The minimum atomic E-state index is -0.479. The van der Waals surface area contributed by atoms with Crippen molar-refractivity contribution in [2.24, 2.45) is 0 Å². The van der Waals surface area contributed by atoms with E-state index in [-0.39, 0.29) is 17.3 Å². The summed E-state index contributed by atoms with van der Waals surface area (Å²) in [7, 11) is 0. The molecule has 0 fully saturated rings. The maximum Gasteiger partial charge on any atom is 0.287 e. The SMILES string of the molecule is CCn1c(CCNC(=O)c2oc3c(F)cccc3c2C)n[nH]c1=S. The molecule has 0 aliphatic heterocycles. The largest absolute Gasteiger partial charge is 0.448 e. The molecule has 0 aliphatic rings. The van der Waals surface area contributed by atoms with E-state index in [1.165, 1.54) is 6.07 Å². The second-order valence-corrected chi connectivity index (χ2v) is 5.75. The Morgan fingerprint density at radius 1 is 1.50 bits per heavy atom. The molecule has 0 radical (unpaired) electrons. The number of furan rings is 1.